The van der Waals surface area contributed by atoms with Crippen LogP contribution in [0.15, 0.2) is 24.3 Å². The van der Waals surface area contributed by atoms with Gasteiger partial charge in [-0.2, -0.15) is 0 Å². The maximum atomic E-state index is 12.5. The highest BCUT2D eigenvalue weighted by Crippen LogP contribution is 2.45. The molecule has 0 radical (unpaired) electrons. The summed E-state index contributed by atoms with van der Waals surface area (Å²) in [5.41, 5.74) is 0.884. The maximum absolute atomic E-state index is 12.5. The minimum absolute atomic E-state index is 0.0196. The summed E-state index contributed by atoms with van der Waals surface area (Å²) in [5, 5.41) is 9.04. The van der Waals surface area contributed by atoms with Crippen molar-refractivity contribution in [1.82, 2.24) is 4.90 Å². The Kier molecular flexibility index (Phi) is 3.27. The van der Waals surface area contributed by atoms with Gasteiger partial charge in [0.15, 0.2) is 0 Å². The number of carboxylic acid groups (broad SMARTS) is 1. The molecular formula is C16H17NO4. The van der Waals surface area contributed by atoms with Gasteiger partial charge in [0.25, 0.3) is 5.91 Å². The third-order valence-corrected chi connectivity index (χ3v) is 4.57. The molecule has 1 aromatic rings. The Balaban J connectivity index is 1.84. The maximum Gasteiger partial charge on any atom is 0.303 e. The summed E-state index contributed by atoms with van der Waals surface area (Å²) in [5.74, 6) is -1.39. The predicted molar refractivity (Wildman–Crippen MR) is 74.7 cm³/mol. The minimum Gasteiger partial charge on any atom is -0.481 e. The number of amides is 2. The number of carbonyl (C=O) groups is 3. The first-order valence-electron chi connectivity index (χ1n) is 7.15. The zero-order chi connectivity index (χ0) is 15.0. The molecule has 0 saturated heterocycles. The van der Waals surface area contributed by atoms with Crippen molar-refractivity contribution < 1.29 is 19.5 Å². The van der Waals surface area contributed by atoms with E-state index < -0.39 is 11.4 Å². The summed E-state index contributed by atoms with van der Waals surface area (Å²) >= 11 is 0. The van der Waals surface area contributed by atoms with Crippen LogP contribution in [0, 0.1) is 5.41 Å². The molecule has 0 atom stereocenters. The van der Waals surface area contributed by atoms with E-state index in [1.807, 2.05) is 6.07 Å². The van der Waals surface area contributed by atoms with E-state index in [0.29, 0.717) is 5.56 Å². The highest BCUT2D eigenvalue weighted by molar-refractivity contribution is 6.09. The van der Waals surface area contributed by atoms with Crippen molar-refractivity contribution in [2.24, 2.45) is 5.41 Å². The normalized spacial score (nSPS) is 19.9. The lowest BCUT2D eigenvalue weighted by Gasteiger charge is -2.44. The summed E-state index contributed by atoms with van der Waals surface area (Å²) in [6.07, 6.45) is 2.72. The summed E-state index contributed by atoms with van der Waals surface area (Å²) in [7, 11) is 0. The molecule has 5 heteroatoms. The average Bonchev–Trinajstić information content (AvgIpc) is 2.40. The van der Waals surface area contributed by atoms with Crippen molar-refractivity contribution in [3.63, 3.8) is 0 Å². The molecule has 1 aliphatic carbocycles. The van der Waals surface area contributed by atoms with Gasteiger partial charge < -0.3 is 5.11 Å². The van der Waals surface area contributed by atoms with Crippen molar-refractivity contribution in [3.05, 3.63) is 35.4 Å². The SMILES string of the molecule is O=C(O)CC1(CN2C(=O)Cc3ccccc3C2=O)CCC1. The number of hydrogen-bond acceptors (Lipinski definition) is 3. The second-order valence-electron chi connectivity index (χ2n) is 6.04. The van der Waals surface area contributed by atoms with E-state index in [4.69, 9.17) is 5.11 Å². The summed E-state index contributed by atoms with van der Waals surface area (Å²) in [4.78, 5) is 37.0. The summed E-state index contributed by atoms with van der Waals surface area (Å²) in [6, 6.07) is 7.11. The zero-order valence-corrected chi connectivity index (χ0v) is 11.7. The molecule has 1 aliphatic heterocycles. The molecule has 0 spiro atoms. The van der Waals surface area contributed by atoms with Crippen molar-refractivity contribution in [2.75, 3.05) is 6.54 Å². The van der Waals surface area contributed by atoms with Gasteiger partial charge >= 0.3 is 5.97 Å². The Morgan fingerprint density at radius 1 is 1.24 bits per heavy atom. The fraction of sp³-hybridized carbons (Fsp3) is 0.438. The number of aliphatic carboxylic acids is 1. The molecule has 0 bridgehead atoms. The Morgan fingerprint density at radius 3 is 2.57 bits per heavy atom. The van der Waals surface area contributed by atoms with Crippen LogP contribution in [0.25, 0.3) is 0 Å². The van der Waals surface area contributed by atoms with E-state index in [-0.39, 0.29) is 31.2 Å². The average molecular weight is 287 g/mol. The van der Waals surface area contributed by atoms with E-state index in [9.17, 15) is 14.4 Å². The number of hydrogen-bond donors (Lipinski definition) is 1. The number of imide groups is 1. The van der Waals surface area contributed by atoms with Gasteiger partial charge in [-0.3, -0.25) is 19.3 Å². The largest absolute Gasteiger partial charge is 0.481 e. The zero-order valence-electron chi connectivity index (χ0n) is 11.7. The summed E-state index contributed by atoms with van der Waals surface area (Å²) in [6.45, 7) is 0.227. The number of nitrogens with zero attached hydrogens (tertiary/aromatic N) is 1. The quantitative estimate of drug-likeness (QED) is 0.858. The molecule has 3 rings (SSSR count). The van der Waals surface area contributed by atoms with Crippen LogP contribution in [0.5, 0.6) is 0 Å². The number of carbonyl (C=O) groups excluding carboxylic acids is 2. The van der Waals surface area contributed by atoms with Crippen LogP contribution < -0.4 is 0 Å². The lowest BCUT2D eigenvalue weighted by Crippen LogP contribution is -2.50. The van der Waals surface area contributed by atoms with Crippen molar-refractivity contribution in [3.8, 4) is 0 Å². The van der Waals surface area contributed by atoms with Crippen LogP contribution in [0.1, 0.15) is 41.6 Å². The van der Waals surface area contributed by atoms with Crippen LogP contribution in [-0.2, 0) is 16.0 Å². The first-order chi connectivity index (χ1) is 10.0. The van der Waals surface area contributed by atoms with Crippen molar-refractivity contribution in [2.45, 2.75) is 32.1 Å². The lowest BCUT2D eigenvalue weighted by molar-refractivity contribution is -0.143. The second-order valence-corrected chi connectivity index (χ2v) is 6.04. The molecule has 110 valence electrons. The van der Waals surface area contributed by atoms with E-state index >= 15 is 0 Å². The smallest absolute Gasteiger partial charge is 0.303 e. The molecular weight excluding hydrogens is 270 g/mol. The van der Waals surface area contributed by atoms with Crippen LogP contribution in [0.4, 0.5) is 0 Å². The number of rotatable bonds is 4. The van der Waals surface area contributed by atoms with Gasteiger partial charge in [-0.25, -0.2) is 0 Å². The van der Waals surface area contributed by atoms with Gasteiger partial charge in [-0.05, 0) is 29.9 Å². The standard InChI is InChI=1S/C16H17NO4/c18-13-8-11-4-1-2-5-12(11)15(21)17(13)10-16(6-3-7-16)9-14(19)20/h1-2,4-5H,3,6-10H2,(H,19,20). The van der Waals surface area contributed by atoms with Gasteiger partial charge in [-0.15, -0.1) is 0 Å². The van der Waals surface area contributed by atoms with Gasteiger partial charge in [0.05, 0.1) is 12.8 Å². The van der Waals surface area contributed by atoms with Gasteiger partial charge in [-0.1, -0.05) is 24.6 Å². The molecule has 2 aliphatic rings. The Morgan fingerprint density at radius 2 is 1.95 bits per heavy atom. The monoisotopic (exact) mass is 287 g/mol. The predicted octanol–water partition coefficient (Wildman–Crippen LogP) is 1.86. The molecule has 1 aromatic carbocycles. The number of benzene rings is 1. The van der Waals surface area contributed by atoms with Crippen molar-refractivity contribution >= 4 is 17.8 Å². The molecule has 0 unspecified atom stereocenters. The molecule has 1 N–H and O–H groups in total. The lowest BCUT2D eigenvalue weighted by atomic mass is 9.66. The number of carboxylic acids is 1. The molecule has 21 heavy (non-hydrogen) atoms. The van der Waals surface area contributed by atoms with Gasteiger partial charge in [0.2, 0.25) is 5.91 Å². The Bertz CT molecular complexity index is 618. The first-order valence-corrected chi connectivity index (χ1v) is 7.15. The molecule has 5 nitrogen and oxygen atoms in total. The fourth-order valence-electron chi connectivity index (χ4n) is 3.28. The van der Waals surface area contributed by atoms with Gasteiger partial charge in [0, 0.05) is 12.1 Å². The highest BCUT2D eigenvalue weighted by atomic mass is 16.4. The Hall–Kier alpha value is -2.17. The van der Waals surface area contributed by atoms with Crippen LogP contribution in [0.2, 0.25) is 0 Å². The molecule has 1 fully saturated rings. The molecule has 1 saturated carbocycles. The third kappa shape index (κ3) is 2.44. The van der Waals surface area contributed by atoms with Gasteiger partial charge in [0.1, 0.15) is 0 Å². The van der Waals surface area contributed by atoms with E-state index in [0.717, 1.165) is 24.8 Å². The van der Waals surface area contributed by atoms with E-state index in [2.05, 4.69) is 0 Å². The molecule has 1 heterocycles. The molecule has 2 amide bonds. The first kappa shape index (κ1) is 13.8. The van der Waals surface area contributed by atoms with E-state index in [1.54, 1.807) is 18.2 Å². The van der Waals surface area contributed by atoms with E-state index in [1.165, 1.54) is 4.90 Å². The van der Waals surface area contributed by atoms with Crippen LogP contribution >= 0.6 is 0 Å². The third-order valence-electron chi connectivity index (χ3n) is 4.57. The fourth-order valence-corrected chi connectivity index (χ4v) is 3.28. The minimum atomic E-state index is -0.869. The molecule has 0 aromatic heterocycles. The highest BCUT2D eigenvalue weighted by Gasteiger charge is 2.44. The summed E-state index contributed by atoms with van der Waals surface area (Å²) < 4.78 is 0. The van der Waals surface area contributed by atoms with Crippen molar-refractivity contribution in [1.29, 1.82) is 0 Å². The van der Waals surface area contributed by atoms with Crippen LogP contribution in [0.3, 0.4) is 0 Å². The topological polar surface area (TPSA) is 74.7 Å². The number of fused-ring (bicyclic) bond motifs is 1. The van der Waals surface area contributed by atoms with Crippen LogP contribution in [-0.4, -0.2) is 34.3 Å². The second kappa shape index (κ2) is 4.98. The Labute approximate surface area is 122 Å².